The number of fused-ring (bicyclic) bond motifs is 1. The number of methoxy groups -OCH3 is 1. The van der Waals surface area contributed by atoms with Gasteiger partial charge in [0.25, 0.3) is 0 Å². The molecule has 0 amide bonds. The Morgan fingerprint density at radius 2 is 2.21 bits per heavy atom. The van der Waals surface area contributed by atoms with Crippen LogP contribution in [0.1, 0.15) is 11.1 Å². The Balaban J connectivity index is 2.77. The minimum Gasteiger partial charge on any atom is -0.496 e. The molecule has 2 rings (SSSR count). The first kappa shape index (κ1) is 9.09. The van der Waals surface area contributed by atoms with E-state index in [1.807, 2.05) is 25.3 Å². The largest absolute Gasteiger partial charge is 0.496 e. The SMILES string of the molecule is COc1ccc2[nH]cc(CO)c2c1C. The van der Waals surface area contributed by atoms with Crippen LogP contribution in [0.5, 0.6) is 5.75 Å². The summed E-state index contributed by atoms with van der Waals surface area (Å²) in [6.07, 6.45) is 1.83. The van der Waals surface area contributed by atoms with Gasteiger partial charge in [-0.15, -0.1) is 0 Å². The zero-order valence-electron chi connectivity index (χ0n) is 8.29. The van der Waals surface area contributed by atoms with E-state index in [2.05, 4.69) is 4.98 Å². The highest BCUT2D eigenvalue weighted by Gasteiger charge is 2.08. The van der Waals surface area contributed by atoms with Crippen LogP contribution in [0.25, 0.3) is 10.9 Å². The van der Waals surface area contributed by atoms with E-state index in [0.29, 0.717) is 0 Å². The van der Waals surface area contributed by atoms with E-state index in [-0.39, 0.29) is 6.61 Å². The maximum Gasteiger partial charge on any atom is 0.122 e. The second kappa shape index (κ2) is 3.35. The van der Waals surface area contributed by atoms with Gasteiger partial charge in [-0.1, -0.05) is 0 Å². The molecule has 1 heterocycles. The van der Waals surface area contributed by atoms with Crippen LogP contribution in [0.4, 0.5) is 0 Å². The summed E-state index contributed by atoms with van der Waals surface area (Å²) in [6, 6.07) is 3.88. The van der Waals surface area contributed by atoms with Gasteiger partial charge in [0, 0.05) is 28.2 Å². The highest BCUT2D eigenvalue weighted by atomic mass is 16.5. The first-order chi connectivity index (χ1) is 6.77. The molecule has 0 aliphatic heterocycles. The summed E-state index contributed by atoms with van der Waals surface area (Å²) in [5.41, 5.74) is 3.01. The summed E-state index contributed by atoms with van der Waals surface area (Å²) in [5, 5.41) is 10.2. The zero-order valence-corrected chi connectivity index (χ0v) is 8.29. The van der Waals surface area contributed by atoms with E-state index in [0.717, 1.165) is 27.8 Å². The second-order valence-corrected chi connectivity index (χ2v) is 3.29. The molecule has 3 nitrogen and oxygen atoms in total. The predicted octanol–water partition coefficient (Wildman–Crippen LogP) is 1.98. The number of rotatable bonds is 2. The highest BCUT2D eigenvalue weighted by Crippen LogP contribution is 2.29. The molecular weight excluding hydrogens is 178 g/mol. The van der Waals surface area contributed by atoms with Crippen molar-refractivity contribution >= 4 is 10.9 Å². The summed E-state index contributed by atoms with van der Waals surface area (Å²) in [6.45, 7) is 2.04. The van der Waals surface area contributed by atoms with E-state index >= 15 is 0 Å². The Labute approximate surface area is 82.3 Å². The van der Waals surface area contributed by atoms with Crippen molar-refractivity contribution in [1.82, 2.24) is 4.98 Å². The molecule has 1 aromatic carbocycles. The third-order valence-corrected chi connectivity index (χ3v) is 2.53. The molecular formula is C11H13NO2. The van der Waals surface area contributed by atoms with Gasteiger partial charge in [0.05, 0.1) is 13.7 Å². The molecule has 0 unspecified atom stereocenters. The Hall–Kier alpha value is -1.48. The van der Waals surface area contributed by atoms with Gasteiger partial charge in [0.15, 0.2) is 0 Å². The quantitative estimate of drug-likeness (QED) is 0.762. The van der Waals surface area contributed by atoms with E-state index in [4.69, 9.17) is 9.84 Å². The summed E-state index contributed by atoms with van der Waals surface area (Å²) in [7, 11) is 1.65. The molecule has 0 fully saturated rings. The molecule has 0 spiro atoms. The summed E-state index contributed by atoms with van der Waals surface area (Å²) in [4.78, 5) is 3.12. The fourth-order valence-corrected chi connectivity index (χ4v) is 1.81. The number of aromatic nitrogens is 1. The molecule has 0 aliphatic carbocycles. The molecule has 0 atom stereocenters. The molecule has 2 aromatic rings. The maximum atomic E-state index is 9.15. The Kier molecular flexibility index (Phi) is 2.17. The molecule has 1 aromatic heterocycles. The lowest BCUT2D eigenvalue weighted by molar-refractivity contribution is 0.283. The van der Waals surface area contributed by atoms with Crippen LogP contribution < -0.4 is 4.74 Å². The molecule has 0 radical (unpaired) electrons. The van der Waals surface area contributed by atoms with Crippen LogP contribution in [0, 0.1) is 6.92 Å². The number of aryl methyl sites for hydroxylation is 1. The maximum absolute atomic E-state index is 9.15. The van der Waals surface area contributed by atoms with Crippen LogP contribution in [0.2, 0.25) is 0 Å². The average Bonchev–Trinajstić information content (AvgIpc) is 2.62. The zero-order chi connectivity index (χ0) is 10.1. The first-order valence-electron chi connectivity index (χ1n) is 4.52. The monoisotopic (exact) mass is 191 g/mol. The topological polar surface area (TPSA) is 45.2 Å². The smallest absolute Gasteiger partial charge is 0.122 e. The second-order valence-electron chi connectivity index (χ2n) is 3.29. The molecule has 74 valence electrons. The summed E-state index contributed by atoms with van der Waals surface area (Å²) < 4.78 is 5.23. The van der Waals surface area contributed by atoms with Crippen LogP contribution in [0.15, 0.2) is 18.3 Å². The number of aliphatic hydroxyl groups excluding tert-OH is 1. The van der Waals surface area contributed by atoms with Crippen molar-refractivity contribution in [3.63, 3.8) is 0 Å². The number of aliphatic hydroxyl groups is 1. The molecule has 0 saturated heterocycles. The molecule has 14 heavy (non-hydrogen) atoms. The standard InChI is InChI=1S/C11H13NO2/c1-7-10(14-2)4-3-9-11(7)8(6-13)5-12-9/h3-5,12-13H,6H2,1-2H3. The van der Waals surface area contributed by atoms with Gasteiger partial charge >= 0.3 is 0 Å². The van der Waals surface area contributed by atoms with E-state index in [9.17, 15) is 0 Å². The lowest BCUT2D eigenvalue weighted by atomic mass is 10.1. The van der Waals surface area contributed by atoms with Gasteiger partial charge in [-0.2, -0.15) is 0 Å². The van der Waals surface area contributed by atoms with Gasteiger partial charge < -0.3 is 14.8 Å². The molecule has 0 saturated carbocycles. The third kappa shape index (κ3) is 1.17. The van der Waals surface area contributed by atoms with Gasteiger partial charge in [-0.3, -0.25) is 0 Å². The normalized spacial score (nSPS) is 10.8. The minimum atomic E-state index is 0.0496. The van der Waals surface area contributed by atoms with Crippen LogP contribution in [-0.4, -0.2) is 17.2 Å². The van der Waals surface area contributed by atoms with Crippen LogP contribution in [-0.2, 0) is 6.61 Å². The molecule has 0 bridgehead atoms. The minimum absolute atomic E-state index is 0.0496. The van der Waals surface area contributed by atoms with Crippen molar-refractivity contribution in [2.24, 2.45) is 0 Å². The van der Waals surface area contributed by atoms with Crippen molar-refractivity contribution in [3.8, 4) is 5.75 Å². The number of H-pyrrole nitrogens is 1. The number of nitrogens with one attached hydrogen (secondary N) is 1. The van der Waals surface area contributed by atoms with Crippen molar-refractivity contribution in [3.05, 3.63) is 29.5 Å². The Bertz CT molecular complexity index is 460. The molecule has 2 N–H and O–H groups in total. The van der Waals surface area contributed by atoms with Gasteiger partial charge in [0.2, 0.25) is 0 Å². The van der Waals surface area contributed by atoms with Gasteiger partial charge in [-0.05, 0) is 19.1 Å². The lowest BCUT2D eigenvalue weighted by Gasteiger charge is -2.06. The summed E-state index contributed by atoms with van der Waals surface area (Å²) >= 11 is 0. The fourth-order valence-electron chi connectivity index (χ4n) is 1.81. The Morgan fingerprint density at radius 3 is 2.86 bits per heavy atom. The van der Waals surface area contributed by atoms with E-state index < -0.39 is 0 Å². The van der Waals surface area contributed by atoms with Gasteiger partial charge in [-0.25, -0.2) is 0 Å². The number of hydrogen-bond donors (Lipinski definition) is 2. The molecule has 0 aliphatic rings. The van der Waals surface area contributed by atoms with Crippen LogP contribution >= 0.6 is 0 Å². The fraction of sp³-hybridized carbons (Fsp3) is 0.273. The van der Waals surface area contributed by atoms with Crippen molar-refractivity contribution in [2.45, 2.75) is 13.5 Å². The summed E-state index contributed by atoms with van der Waals surface area (Å²) in [5.74, 6) is 0.854. The number of hydrogen-bond acceptors (Lipinski definition) is 2. The highest BCUT2D eigenvalue weighted by molar-refractivity contribution is 5.88. The first-order valence-corrected chi connectivity index (χ1v) is 4.52. The third-order valence-electron chi connectivity index (χ3n) is 2.53. The number of aromatic amines is 1. The van der Waals surface area contributed by atoms with Crippen molar-refractivity contribution in [2.75, 3.05) is 7.11 Å². The van der Waals surface area contributed by atoms with Gasteiger partial charge in [0.1, 0.15) is 5.75 Å². The van der Waals surface area contributed by atoms with E-state index in [1.165, 1.54) is 0 Å². The predicted molar refractivity (Wildman–Crippen MR) is 55.5 cm³/mol. The Morgan fingerprint density at radius 1 is 1.43 bits per heavy atom. The van der Waals surface area contributed by atoms with Crippen molar-refractivity contribution in [1.29, 1.82) is 0 Å². The lowest BCUT2D eigenvalue weighted by Crippen LogP contribution is -1.89. The van der Waals surface area contributed by atoms with Crippen molar-refractivity contribution < 1.29 is 9.84 Å². The number of ether oxygens (including phenoxy) is 1. The molecule has 3 heteroatoms. The number of benzene rings is 1. The average molecular weight is 191 g/mol. The van der Waals surface area contributed by atoms with Crippen LogP contribution in [0.3, 0.4) is 0 Å². The van der Waals surface area contributed by atoms with E-state index in [1.54, 1.807) is 7.11 Å².